The molecule has 0 spiro atoms. The number of rotatable bonds is 3. The van der Waals surface area contributed by atoms with Crippen molar-refractivity contribution >= 4 is 15.9 Å². The van der Waals surface area contributed by atoms with Crippen LogP contribution in [0.25, 0.3) is 0 Å². The Hall–Kier alpha value is -0.0700. The molecular weight excluding hydrogens is 206 g/mol. The van der Waals surface area contributed by atoms with E-state index in [0.717, 1.165) is 31.2 Å². The van der Waals surface area contributed by atoms with Gasteiger partial charge in [0.15, 0.2) is 0 Å². The third-order valence-corrected chi connectivity index (χ3v) is 2.72. The first-order valence-electron chi connectivity index (χ1n) is 3.94. The first kappa shape index (κ1) is 9.02. The van der Waals surface area contributed by atoms with E-state index in [4.69, 9.17) is 10.00 Å². The second kappa shape index (κ2) is 4.74. The summed E-state index contributed by atoms with van der Waals surface area (Å²) in [4.78, 5) is 0. The molecule has 1 fully saturated rings. The minimum Gasteiger partial charge on any atom is -0.378 e. The Balaban J connectivity index is 2.23. The van der Waals surface area contributed by atoms with Crippen LogP contribution in [0.2, 0.25) is 0 Å². The Morgan fingerprint density at radius 2 is 2.55 bits per heavy atom. The number of nitriles is 1. The molecule has 0 radical (unpaired) electrons. The largest absolute Gasteiger partial charge is 0.378 e. The number of hydrogen-bond acceptors (Lipinski definition) is 2. The van der Waals surface area contributed by atoms with Crippen LogP contribution in [0.3, 0.4) is 0 Å². The SMILES string of the molecule is N#CC(CBr)CC1CCCO1. The van der Waals surface area contributed by atoms with Crippen LogP contribution in [0, 0.1) is 17.2 Å². The van der Waals surface area contributed by atoms with Crippen molar-refractivity contribution in [1.29, 1.82) is 5.26 Å². The van der Waals surface area contributed by atoms with Gasteiger partial charge in [0.1, 0.15) is 0 Å². The third kappa shape index (κ3) is 2.80. The quantitative estimate of drug-likeness (QED) is 0.679. The van der Waals surface area contributed by atoms with Gasteiger partial charge in [-0.2, -0.15) is 5.26 Å². The molecule has 2 atom stereocenters. The first-order chi connectivity index (χ1) is 5.36. The number of hydrogen-bond donors (Lipinski definition) is 0. The van der Waals surface area contributed by atoms with Crippen LogP contribution in [-0.2, 0) is 4.74 Å². The Morgan fingerprint density at radius 3 is 3.00 bits per heavy atom. The molecule has 0 saturated carbocycles. The van der Waals surface area contributed by atoms with Crippen molar-refractivity contribution in [1.82, 2.24) is 0 Å². The van der Waals surface area contributed by atoms with Gasteiger partial charge < -0.3 is 4.74 Å². The maximum Gasteiger partial charge on any atom is 0.0665 e. The minimum atomic E-state index is 0.123. The van der Waals surface area contributed by atoms with E-state index in [0.29, 0.717) is 6.10 Å². The monoisotopic (exact) mass is 217 g/mol. The summed E-state index contributed by atoms with van der Waals surface area (Å²) in [6.45, 7) is 0.880. The zero-order valence-corrected chi connectivity index (χ0v) is 8.01. The van der Waals surface area contributed by atoms with E-state index in [1.807, 2.05) is 0 Å². The minimum absolute atomic E-state index is 0.123. The molecule has 3 heteroatoms. The Morgan fingerprint density at radius 1 is 1.73 bits per heavy atom. The van der Waals surface area contributed by atoms with Gasteiger partial charge in [0.2, 0.25) is 0 Å². The second-order valence-electron chi connectivity index (χ2n) is 2.85. The van der Waals surface area contributed by atoms with Crippen molar-refractivity contribution in [3.63, 3.8) is 0 Å². The molecule has 0 aromatic heterocycles. The second-order valence-corrected chi connectivity index (χ2v) is 3.50. The Labute approximate surface area is 75.7 Å². The molecule has 0 N–H and O–H groups in total. The summed E-state index contributed by atoms with van der Waals surface area (Å²) in [7, 11) is 0. The summed E-state index contributed by atoms with van der Waals surface area (Å²) in [5.41, 5.74) is 0. The fourth-order valence-electron chi connectivity index (χ4n) is 1.30. The van der Waals surface area contributed by atoms with Gasteiger partial charge in [0, 0.05) is 11.9 Å². The molecule has 62 valence electrons. The van der Waals surface area contributed by atoms with Gasteiger partial charge >= 0.3 is 0 Å². The van der Waals surface area contributed by atoms with Crippen LogP contribution >= 0.6 is 15.9 Å². The van der Waals surface area contributed by atoms with Crippen LogP contribution in [0.1, 0.15) is 19.3 Å². The maximum absolute atomic E-state index is 8.65. The highest BCUT2D eigenvalue weighted by molar-refractivity contribution is 9.09. The normalized spacial score (nSPS) is 26.4. The van der Waals surface area contributed by atoms with Crippen molar-refractivity contribution in [3.05, 3.63) is 0 Å². The van der Waals surface area contributed by atoms with Gasteiger partial charge in [0.05, 0.1) is 18.1 Å². The lowest BCUT2D eigenvalue weighted by atomic mass is 10.0. The van der Waals surface area contributed by atoms with Crippen molar-refractivity contribution < 1.29 is 4.74 Å². The number of nitrogens with zero attached hydrogens (tertiary/aromatic N) is 1. The fourth-order valence-corrected chi connectivity index (χ4v) is 1.71. The molecule has 1 aliphatic heterocycles. The molecule has 1 saturated heterocycles. The predicted octanol–water partition coefficient (Wildman–Crippen LogP) is 2.09. The molecule has 11 heavy (non-hydrogen) atoms. The van der Waals surface area contributed by atoms with Crippen molar-refractivity contribution in [2.45, 2.75) is 25.4 Å². The molecule has 0 bridgehead atoms. The smallest absolute Gasteiger partial charge is 0.0665 e. The van der Waals surface area contributed by atoms with E-state index >= 15 is 0 Å². The van der Waals surface area contributed by atoms with Crippen LogP contribution < -0.4 is 0 Å². The van der Waals surface area contributed by atoms with Crippen molar-refractivity contribution in [3.8, 4) is 6.07 Å². The van der Waals surface area contributed by atoms with Crippen molar-refractivity contribution in [2.24, 2.45) is 5.92 Å². The highest BCUT2D eigenvalue weighted by Gasteiger charge is 2.19. The van der Waals surface area contributed by atoms with Gasteiger partial charge in [0.25, 0.3) is 0 Å². The zero-order valence-electron chi connectivity index (χ0n) is 6.42. The molecule has 0 aliphatic carbocycles. The van der Waals surface area contributed by atoms with Gasteiger partial charge in [-0.05, 0) is 19.3 Å². The average molecular weight is 218 g/mol. The zero-order chi connectivity index (χ0) is 8.10. The summed E-state index contributed by atoms with van der Waals surface area (Å²) in [5, 5.41) is 9.42. The average Bonchev–Trinajstić information content (AvgIpc) is 2.52. The van der Waals surface area contributed by atoms with E-state index in [1.165, 1.54) is 0 Å². The molecule has 0 aromatic rings. The van der Waals surface area contributed by atoms with Gasteiger partial charge in [-0.3, -0.25) is 0 Å². The molecule has 0 aromatic carbocycles. The van der Waals surface area contributed by atoms with Crippen LogP contribution in [0.15, 0.2) is 0 Å². The molecule has 1 aliphatic rings. The van der Waals surface area contributed by atoms with Crippen molar-refractivity contribution in [2.75, 3.05) is 11.9 Å². The van der Waals surface area contributed by atoms with Gasteiger partial charge in [-0.1, -0.05) is 15.9 Å². The highest BCUT2D eigenvalue weighted by Crippen LogP contribution is 2.20. The van der Waals surface area contributed by atoms with Gasteiger partial charge in [-0.25, -0.2) is 0 Å². The maximum atomic E-state index is 8.65. The summed E-state index contributed by atoms with van der Waals surface area (Å²) < 4.78 is 5.42. The lowest BCUT2D eigenvalue weighted by Gasteiger charge is -2.10. The highest BCUT2D eigenvalue weighted by atomic mass is 79.9. The number of alkyl halides is 1. The standard InChI is InChI=1S/C8H12BrNO/c9-5-7(6-10)4-8-2-1-3-11-8/h7-8H,1-5H2. The summed E-state index contributed by atoms with van der Waals surface area (Å²) in [6.07, 6.45) is 3.52. The van der Waals surface area contributed by atoms with E-state index in [1.54, 1.807) is 0 Å². The van der Waals surface area contributed by atoms with E-state index in [2.05, 4.69) is 22.0 Å². The summed E-state index contributed by atoms with van der Waals surface area (Å²) >= 11 is 3.31. The molecule has 1 heterocycles. The fraction of sp³-hybridized carbons (Fsp3) is 0.875. The number of ether oxygens (including phenoxy) is 1. The van der Waals surface area contributed by atoms with E-state index < -0.39 is 0 Å². The Kier molecular flexibility index (Phi) is 3.88. The third-order valence-electron chi connectivity index (χ3n) is 1.94. The Bertz CT molecular complexity index is 149. The first-order valence-corrected chi connectivity index (χ1v) is 5.06. The van der Waals surface area contributed by atoms with Gasteiger partial charge in [-0.15, -0.1) is 0 Å². The molecule has 0 amide bonds. The molecule has 2 nitrogen and oxygen atoms in total. The van der Waals surface area contributed by atoms with Crippen LogP contribution in [0.4, 0.5) is 0 Å². The lowest BCUT2D eigenvalue weighted by molar-refractivity contribution is 0.0978. The van der Waals surface area contributed by atoms with E-state index in [-0.39, 0.29) is 5.92 Å². The lowest BCUT2D eigenvalue weighted by Crippen LogP contribution is -2.12. The van der Waals surface area contributed by atoms with Crippen LogP contribution in [0.5, 0.6) is 0 Å². The molecule has 1 rings (SSSR count). The molecular formula is C8H12BrNO. The summed E-state index contributed by atoms with van der Waals surface area (Å²) in [6, 6.07) is 2.25. The molecule has 2 unspecified atom stereocenters. The van der Waals surface area contributed by atoms with Crippen LogP contribution in [-0.4, -0.2) is 18.0 Å². The topological polar surface area (TPSA) is 33.0 Å². The predicted molar refractivity (Wildman–Crippen MR) is 46.5 cm³/mol. The number of halogens is 1. The van der Waals surface area contributed by atoms with E-state index in [9.17, 15) is 0 Å². The summed E-state index contributed by atoms with van der Waals surface area (Å²) in [5.74, 6) is 0.123.